The van der Waals surface area contributed by atoms with Gasteiger partial charge in [-0.25, -0.2) is 0 Å². The van der Waals surface area contributed by atoms with Crippen molar-refractivity contribution in [1.82, 2.24) is 15.2 Å². The molecule has 0 aromatic carbocycles. The zero-order valence-electron chi connectivity index (χ0n) is 7.18. The summed E-state index contributed by atoms with van der Waals surface area (Å²) in [7, 11) is 0. The van der Waals surface area contributed by atoms with Crippen LogP contribution < -0.4 is 5.73 Å². The Balaban J connectivity index is 2.44. The van der Waals surface area contributed by atoms with E-state index in [2.05, 4.69) is 15.2 Å². The molecule has 0 spiro atoms. The molecule has 5 heteroatoms. The van der Waals surface area contributed by atoms with Crippen LogP contribution in [-0.4, -0.2) is 15.2 Å². The summed E-state index contributed by atoms with van der Waals surface area (Å²) in [6, 6.07) is 6.86. The van der Waals surface area contributed by atoms with Crippen molar-refractivity contribution in [3.05, 3.63) is 35.6 Å². The molecule has 0 fully saturated rings. The Bertz CT molecular complexity index is 441. The van der Waals surface area contributed by atoms with Gasteiger partial charge in [-0.3, -0.25) is 4.98 Å². The maximum Gasteiger partial charge on any atom is 0.151 e. The first kappa shape index (κ1) is 8.90. The van der Waals surface area contributed by atoms with Gasteiger partial charge in [0.05, 0.1) is 5.69 Å². The van der Waals surface area contributed by atoms with Crippen LogP contribution in [0.3, 0.4) is 0 Å². The Hall–Kier alpha value is -1.68. The molecule has 0 aliphatic heterocycles. The van der Waals surface area contributed by atoms with Crippen LogP contribution in [0.5, 0.6) is 0 Å². The first-order valence-electron chi connectivity index (χ1n) is 3.97. The van der Waals surface area contributed by atoms with Gasteiger partial charge < -0.3 is 5.73 Å². The summed E-state index contributed by atoms with van der Waals surface area (Å²) in [6.45, 7) is 0. The zero-order chi connectivity index (χ0) is 9.97. The van der Waals surface area contributed by atoms with Crippen molar-refractivity contribution in [3.63, 3.8) is 0 Å². The fourth-order valence-corrected chi connectivity index (χ4v) is 1.14. The lowest BCUT2D eigenvalue weighted by Gasteiger charge is -1.99. The lowest BCUT2D eigenvalue weighted by Crippen LogP contribution is -1.92. The number of nitrogens with zero attached hydrogens (tertiary/aromatic N) is 3. The molecular formula is C9H7ClN4. The van der Waals surface area contributed by atoms with Crippen LogP contribution in [0, 0.1) is 0 Å². The van der Waals surface area contributed by atoms with Crippen LogP contribution in [0.25, 0.3) is 11.4 Å². The molecule has 2 rings (SSSR count). The molecule has 0 saturated carbocycles. The summed E-state index contributed by atoms with van der Waals surface area (Å²) in [5.41, 5.74) is 7.60. The molecule has 0 amide bonds. The molecule has 14 heavy (non-hydrogen) atoms. The highest BCUT2D eigenvalue weighted by Gasteiger charge is 2.01. The van der Waals surface area contributed by atoms with Gasteiger partial charge in [0.15, 0.2) is 5.15 Å². The van der Waals surface area contributed by atoms with E-state index in [1.54, 1.807) is 30.5 Å². The maximum atomic E-state index is 5.61. The molecule has 70 valence electrons. The Morgan fingerprint density at radius 3 is 2.57 bits per heavy atom. The van der Waals surface area contributed by atoms with Crippen molar-refractivity contribution in [2.75, 3.05) is 5.73 Å². The van der Waals surface area contributed by atoms with Crippen LogP contribution in [0.4, 0.5) is 5.69 Å². The number of nitrogen functional groups attached to an aromatic ring is 1. The molecule has 0 radical (unpaired) electrons. The standard InChI is InChI=1S/C9H7ClN4/c10-9-2-1-7(13-14-9)8-5-6(11)3-4-12-8/h1-5H,(H2,11,12). The smallest absolute Gasteiger partial charge is 0.151 e. The second-order valence-corrected chi connectivity index (χ2v) is 3.10. The van der Waals surface area contributed by atoms with E-state index in [0.717, 1.165) is 0 Å². The summed E-state index contributed by atoms with van der Waals surface area (Å²) in [4.78, 5) is 4.11. The molecule has 4 nitrogen and oxygen atoms in total. The average molecular weight is 207 g/mol. The van der Waals surface area contributed by atoms with Gasteiger partial charge in [0.1, 0.15) is 5.69 Å². The maximum absolute atomic E-state index is 5.61. The molecule has 0 bridgehead atoms. The predicted octanol–water partition coefficient (Wildman–Crippen LogP) is 1.77. The lowest BCUT2D eigenvalue weighted by atomic mass is 10.2. The molecular weight excluding hydrogens is 200 g/mol. The number of anilines is 1. The van der Waals surface area contributed by atoms with E-state index in [1.165, 1.54) is 0 Å². The normalized spacial score (nSPS) is 10.1. The fraction of sp³-hybridized carbons (Fsp3) is 0. The molecule has 0 unspecified atom stereocenters. The number of halogens is 1. The van der Waals surface area contributed by atoms with E-state index in [9.17, 15) is 0 Å². The first-order valence-corrected chi connectivity index (χ1v) is 4.34. The number of nitrogens with two attached hydrogens (primary N) is 1. The van der Waals surface area contributed by atoms with Gasteiger partial charge in [-0.05, 0) is 24.3 Å². The van der Waals surface area contributed by atoms with Crippen LogP contribution in [0.15, 0.2) is 30.5 Å². The monoisotopic (exact) mass is 206 g/mol. The molecule has 2 heterocycles. The molecule has 0 atom stereocenters. The Morgan fingerprint density at radius 2 is 1.93 bits per heavy atom. The van der Waals surface area contributed by atoms with Gasteiger partial charge >= 0.3 is 0 Å². The minimum Gasteiger partial charge on any atom is -0.399 e. The highest BCUT2D eigenvalue weighted by Crippen LogP contribution is 2.16. The molecule has 2 N–H and O–H groups in total. The van der Waals surface area contributed by atoms with E-state index in [0.29, 0.717) is 22.2 Å². The van der Waals surface area contributed by atoms with Crippen LogP contribution >= 0.6 is 11.6 Å². The van der Waals surface area contributed by atoms with Crippen molar-refractivity contribution in [3.8, 4) is 11.4 Å². The molecule has 0 aliphatic carbocycles. The minimum atomic E-state index is 0.359. The summed E-state index contributed by atoms with van der Waals surface area (Å²) in [5, 5.41) is 7.97. The molecule has 2 aromatic rings. The number of rotatable bonds is 1. The van der Waals surface area contributed by atoms with Gasteiger partial charge in [-0.15, -0.1) is 10.2 Å². The topological polar surface area (TPSA) is 64.7 Å². The molecule has 0 saturated heterocycles. The number of hydrogen-bond acceptors (Lipinski definition) is 4. The van der Waals surface area contributed by atoms with Gasteiger partial charge in [0.2, 0.25) is 0 Å². The third kappa shape index (κ3) is 1.80. The highest BCUT2D eigenvalue weighted by atomic mass is 35.5. The minimum absolute atomic E-state index is 0.359. The second kappa shape index (κ2) is 3.59. The van der Waals surface area contributed by atoms with E-state index >= 15 is 0 Å². The van der Waals surface area contributed by atoms with Crippen LogP contribution in [-0.2, 0) is 0 Å². The predicted molar refractivity (Wildman–Crippen MR) is 54.7 cm³/mol. The zero-order valence-corrected chi connectivity index (χ0v) is 7.94. The molecule has 0 aliphatic rings. The number of pyridine rings is 1. The SMILES string of the molecule is Nc1ccnc(-c2ccc(Cl)nn2)c1. The number of aromatic nitrogens is 3. The third-order valence-electron chi connectivity index (χ3n) is 1.68. The third-order valence-corrected chi connectivity index (χ3v) is 1.88. The molecule has 2 aromatic heterocycles. The van der Waals surface area contributed by atoms with Gasteiger partial charge in [0.25, 0.3) is 0 Å². The van der Waals surface area contributed by atoms with Crippen molar-refractivity contribution < 1.29 is 0 Å². The number of hydrogen-bond donors (Lipinski definition) is 1. The first-order chi connectivity index (χ1) is 6.75. The summed E-state index contributed by atoms with van der Waals surface area (Å²) in [6.07, 6.45) is 1.63. The Kier molecular flexibility index (Phi) is 2.28. The van der Waals surface area contributed by atoms with Gasteiger partial charge in [-0.1, -0.05) is 11.6 Å². The van der Waals surface area contributed by atoms with E-state index in [-0.39, 0.29) is 0 Å². The summed E-state index contributed by atoms with van der Waals surface area (Å²) >= 11 is 5.61. The van der Waals surface area contributed by atoms with Gasteiger partial charge in [-0.2, -0.15) is 0 Å². The summed E-state index contributed by atoms with van der Waals surface area (Å²) < 4.78 is 0. The Labute approximate surface area is 85.8 Å². The van der Waals surface area contributed by atoms with Crippen LogP contribution in [0.2, 0.25) is 5.15 Å². The van der Waals surface area contributed by atoms with Crippen molar-refractivity contribution in [2.45, 2.75) is 0 Å². The highest BCUT2D eigenvalue weighted by molar-refractivity contribution is 6.29. The van der Waals surface area contributed by atoms with E-state index < -0.39 is 0 Å². The van der Waals surface area contributed by atoms with Crippen molar-refractivity contribution >= 4 is 17.3 Å². The average Bonchev–Trinajstić information content (AvgIpc) is 2.19. The largest absolute Gasteiger partial charge is 0.399 e. The quantitative estimate of drug-likeness (QED) is 0.773. The fourth-order valence-electron chi connectivity index (χ4n) is 1.04. The lowest BCUT2D eigenvalue weighted by molar-refractivity contribution is 1.03. The van der Waals surface area contributed by atoms with E-state index in [1.807, 2.05) is 0 Å². The van der Waals surface area contributed by atoms with Crippen LogP contribution in [0.1, 0.15) is 0 Å². The second-order valence-electron chi connectivity index (χ2n) is 2.72. The Morgan fingerprint density at radius 1 is 1.07 bits per heavy atom. The summed E-state index contributed by atoms with van der Waals surface area (Å²) in [5.74, 6) is 0. The van der Waals surface area contributed by atoms with Crippen molar-refractivity contribution in [2.24, 2.45) is 0 Å². The van der Waals surface area contributed by atoms with Gasteiger partial charge in [0, 0.05) is 11.9 Å². The van der Waals surface area contributed by atoms with Crippen molar-refractivity contribution in [1.29, 1.82) is 0 Å². The van der Waals surface area contributed by atoms with E-state index in [4.69, 9.17) is 17.3 Å².